The Morgan fingerprint density at radius 2 is 1.90 bits per heavy atom. The van der Waals surface area contributed by atoms with Crippen LogP contribution in [0.25, 0.3) is 0 Å². The summed E-state index contributed by atoms with van der Waals surface area (Å²) < 4.78 is 11.0. The molecule has 2 rings (SSSR count). The molecule has 118 valence electrons. The van der Waals surface area contributed by atoms with E-state index in [2.05, 4.69) is 41.4 Å². The summed E-state index contributed by atoms with van der Waals surface area (Å²) in [6.45, 7) is 5.11. The summed E-state index contributed by atoms with van der Waals surface area (Å²) in [7, 11) is 5.57. The van der Waals surface area contributed by atoms with Crippen LogP contribution in [-0.4, -0.2) is 58.0 Å². The Bertz CT molecular complexity index is 427. The minimum atomic E-state index is 0.196. The quantitative estimate of drug-likeness (QED) is 0.833. The molecule has 4 heteroatoms. The molecule has 0 aliphatic carbocycles. The number of methoxy groups -OCH3 is 2. The van der Waals surface area contributed by atoms with E-state index in [4.69, 9.17) is 9.47 Å². The lowest BCUT2D eigenvalue weighted by atomic mass is 10.0. The fourth-order valence-corrected chi connectivity index (χ4v) is 3.13. The molecule has 1 aliphatic heterocycles. The van der Waals surface area contributed by atoms with Crippen LogP contribution in [0.5, 0.6) is 0 Å². The lowest BCUT2D eigenvalue weighted by Crippen LogP contribution is -2.28. The van der Waals surface area contributed by atoms with Crippen molar-refractivity contribution in [2.75, 3.05) is 40.9 Å². The molecule has 1 aromatic carbocycles. The lowest BCUT2D eigenvalue weighted by Gasteiger charge is -2.21. The Hall–Kier alpha value is -0.940. The summed E-state index contributed by atoms with van der Waals surface area (Å²) in [5.74, 6) is 0. The summed E-state index contributed by atoms with van der Waals surface area (Å²) in [6.07, 6.45) is 1.48. The van der Waals surface area contributed by atoms with Gasteiger partial charge < -0.3 is 14.8 Å². The predicted molar refractivity (Wildman–Crippen MR) is 85.6 cm³/mol. The minimum Gasteiger partial charge on any atom is -0.377 e. The fourth-order valence-electron chi connectivity index (χ4n) is 3.13. The molecule has 1 saturated heterocycles. The molecule has 1 heterocycles. The summed E-state index contributed by atoms with van der Waals surface area (Å²) in [5, 5.41) is 3.43. The van der Waals surface area contributed by atoms with Crippen molar-refractivity contribution in [1.29, 1.82) is 0 Å². The normalized spacial score (nSPS) is 24.4. The first kappa shape index (κ1) is 16.4. The zero-order valence-electron chi connectivity index (χ0n) is 13.6. The van der Waals surface area contributed by atoms with Crippen LogP contribution in [-0.2, 0) is 9.47 Å². The standard InChI is InChI=1S/C17H28N2O2/c1-13-6-5-7-14(10-13)15(18-2)8-9-19-11-16(20-3)17(12-19)21-4/h5-7,10,15-18H,8-9,11-12H2,1-4H3. The Kier molecular flexibility index (Phi) is 6.18. The fraction of sp³-hybridized carbons (Fsp3) is 0.647. The highest BCUT2D eigenvalue weighted by atomic mass is 16.5. The van der Waals surface area contributed by atoms with Gasteiger partial charge in [0, 0.05) is 39.9 Å². The van der Waals surface area contributed by atoms with Gasteiger partial charge in [-0.05, 0) is 26.0 Å². The number of rotatable bonds is 7. The molecular weight excluding hydrogens is 264 g/mol. The largest absolute Gasteiger partial charge is 0.377 e. The number of aryl methyl sites for hydroxylation is 1. The Morgan fingerprint density at radius 1 is 1.24 bits per heavy atom. The Morgan fingerprint density at radius 3 is 2.43 bits per heavy atom. The van der Waals surface area contributed by atoms with Crippen molar-refractivity contribution in [2.24, 2.45) is 0 Å². The monoisotopic (exact) mass is 292 g/mol. The Balaban J connectivity index is 1.89. The maximum atomic E-state index is 5.50. The molecule has 0 spiro atoms. The van der Waals surface area contributed by atoms with Gasteiger partial charge in [0.1, 0.15) is 0 Å². The molecular formula is C17H28N2O2. The molecule has 0 bridgehead atoms. The molecule has 0 aromatic heterocycles. The molecule has 4 nitrogen and oxygen atoms in total. The maximum absolute atomic E-state index is 5.50. The van der Waals surface area contributed by atoms with E-state index < -0.39 is 0 Å². The van der Waals surface area contributed by atoms with E-state index in [0.717, 1.165) is 26.1 Å². The van der Waals surface area contributed by atoms with Gasteiger partial charge in [0.15, 0.2) is 0 Å². The van der Waals surface area contributed by atoms with Gasteiger partial charge in [-0.25, -0.2) is 0 Å². The number of ether oxygens (including phenoxy) is 2. The summed E-state index contributed by atoms with van der Waals surface area (Å²) in [6, 6.07) is 9.14. The van der Waals surface area contributed by atoms with Gasteiger partial charge >= 0.3 is 0 Å². The van der Waals surface area contributed by atoms with E-state index in [-0.39, 0.29) is 12.2 Å². The zero-order chi connectivity index (χ0) is 15.2. The average molecular weight is 292 g/mol. The molecule has 0 radical (unpaired) electrons. The van der Waals surface area contributed by atoms with Crippen molar-refractivity contribution in [2.45, 2.75) is 31.6 Å². The summed E-state index contributed by atoms with van der Waals surface area (Å²) in [5.41, 5.74) is 2.68. The zero-order valence-corrected chi connectivity index (χ0v) is 13.6. The van der Waals surface area contributed by atoms with Crippen molar-refractivity contribution >= 4 is 0 Å². The van der Waals surface area contributed by atoms with Crippen molar-refractivity contribution < 1.29 is 9.47 Å². The van der Waals surface area contributed by atoms with Crippen molar-refractivity contribution in [3.8, 4) is 0 Å². The van der Waals surface area contributed by atoms with Crippen molar-refractivity contribution in [3.05, 3.63) is 35.4 Å². The van der Waals surface area contributed by atoms with Crippen LogP contribution in [0.1, 0.15) is 23.6 Å². The highest BCUT2D eigenvalue weighted by Gasteiger charge is 2.32. The first-order chi connectivity index (χ1) is 10.2. The van der Waals surface area contributed by atoms with Crippen LogP contribution >= 0.6 is 0 Å². The van der Waals surface area contributed by atoms with Gasteiger partial charge in [-0.3, -0.25) is 4.90 Å². The first-order valence-electron chi connectivity index (χ1n) is 7.69. The number of likely N-dealkylation sites (tertiary alicyclic amines) is 1. The molecule has 1 N–H and O–H groups in total. The van der Waals surface area contributed by atoms with E-state index in [0.29, 0.717) is 6.04 Å². The molecule has 0 amide bonds. The average Bonchev–Trinajstić information content (AvgIpc) is 2.90. The van der Waals surface area contributed by atoms with E-state index in [1.807, 2.05) is 7.05 Å². The number of hydrogen-bond acceptors (Lipinski definition) is 4. The first-order valence-corrected chi connectivity index (χ1v) is 7.69. The SMILES string of the molecule is CNC(CCN1CC(OC)C(OC)C1)c1cccc(C)c1. The van der Waals surface area contributed by atoms with E-state index in [9.17, 15) is 0 Å². The topological polar surface area (TPSA) is 33.7 Å². The van der Waals surface area contributed by atoms with Gasteiger partial charge in [-0.15, -0.1) is 0 Å². The van der Waals surface area contributed by atoms with Crippen LogP contribution < -0.4 is 5.32 Å². The maximum Gasteiger partial charge on any atom is 0.0971 e. The summed E-state index contributed by atoms with van der Waals surface area (Å²) >= 11 is 0. The van der Waals surface area contributed by atoms with Crippen molar-refractivity contribution in [1.82, 2.24) is 10.2 Å². The second-order valence-corrected chi connectivity index (χ2v) is 5.85. The lowest BCUT2D eigenvalue weighted by molar-refractivity contribution is -0.00461. The van der Waals surface area contributed by atoms with Gasteiger partial charge in [0.05, 0.1) is 12.2 Å². The Labute approximate surface area is 128 Å². The number of hydrogen-bond donors (Lipinski definition) is 1. The molecule has 1 fully saturated rings. The van der Waals surface area contributed by atoms with Crippen LogP contribution in [0, 0.1) is 6.92 Å². The molecule has 1 aliphatic rings. The van der Waals surface area contributed by atoms with Gasteiger partial charge in [0.2, 0.25) is 0 Å². The molecule has 3 unspecified atom stereocenters. The third-order valence-electron chi connectivity index (χ3n) is 4.42. The third-order valence-corrected chi connectivity index (χ3v) is 4.42. The van der Waals surface area contributed by atoms with E-state index >= 15 is 0 Å². The summed E-state index contributed by atoms with van der Waals surface area (Å²) in [4.78, 5) is 2.43. The van der Waals surface area contributed by atoms with Crippen LogP contribution in [0.15, 0.2) is 24.3 Å². The number of benzene rings is 1. The van der Waals surface area contributed by atoms with Crippen molar-refractivity contribution in [3.63, 3.8) is 0 Å². The second kappa shape index (κ2) is 7.90. The van der Waals surface area contributed by atoms with Crippen LogP contribution in [0.2, 0.25) is 0 Å². The highest BCUT2D eigenvalue weighted by Crippen LogP contribution is 2.21. The smallest absolute Gasteiger partial charge is 0.0971 e. The minimum absolute atomic E-state index is 0.196. The van der Waals surface area contributed by atoms with Gasteiger partial charge in [0.25, 0.3) is 0 Å². The van der Waals surface area contributed by atoms with E-state index in [1.165, 1.54) is 11.1 Å². The van der Waals surface area contributed by atoms with E-state index in [1.54, 1.807) is 14.2 Å². The molecule has 3 atom stereocenters. The predicted octanol–water partition coefficient (Wildman–Crippen LogP) is 1.99. The van der Waals surface area contributed by atoms with Crippen LogP contribution in [0.4, 0.5) is 0 Å². The third kappa shape index (κ3) is 4.27. The molecule has 1 aromatic rings. The van der Waals surface area contributed by atoms with Crippen LogP contribution in [0.3, 0.4) is 0 Å². The van der Waals surface area contributed by atoms with Gasteiger partial charge in [-0.1, -0.05) is 29.8 Å². The molecule has 0 saturated carbocycles. The molecule has 21 heavy (non-hydrogen) atoms. The van der Waals surface area contributed by atoms with Gasteiger partial charge in [-0.2, -0.15) is 0 Å². The number of nitrogens with zero attached hydrogens (tertiary/aromatic N) is 1. The highest BCUT2D eigenvalue weighted by molar-refractivity contribution is 5.25. The number of nitrogens with one attached hydrogen (secondary N) is 1. The second-order valence-electron chi connectivity index (χ2n) is 5.85.